The van der Waals surface area contributed by atoms with Gasteiger partial charge in [-0.05, 0) is 12.1 Å². The molecule has 1 fully saturated rings. The molecule has 3 rings (SSSR count). The standard InChI is InChI=1S/C13H15ClN4OS/c14-13-10(15-16-20-13)9-17-5-7-18(8-6-17)11-3-1-2-4-12(11)19/h1-4,19H,5-9H2. The van der Waals surface area contributed by atoms with Crippen LogP contribution >= 0.6 is 23.1 Å². The van der Waals surface area contributed by atoms with Crippen LogP contribution in [0.25, 0.3) is 0 Å². The molecule has 5 nitrogen and oxygen atoms in total. The molecule has 1 aromatic heterocycles. The van der Waals surface area contributed by atoms with E-state index in [1.807, 2.05) is 18.2 Å². The molecule has 0 radical (unpaired) electrons. The molecule has 2 aromatic rings. The number of anilines is 1. The minimum absolute atomic E-state index is 0.340. The Hall–Kier alpha value is -1.37. The average molecular weight is 311 g/mol. The lowest BCUT2D eigenvalue weighted by molar-refractivity contribution is 0.246. The molecule has 2 heterocycles. The van der Waals surface area contributed by atoms with Gasteiger partial charge in [-0.1, -0.05) is 28.2 Å². The van der Waals surface area contributed by atoms with Crippen LogP contribution in [-0.2, 0) is 6.54 Å². The Kier molecular flexibility index (Phi) is 4.05. The maximum Gasteiger partial charge on any atom is 0.138 e. The summed E-state index contributed by atoms with van der Waals surface area (Å²) in [5.74, 6) is 0.340. The molecule has 0 aliphatic carbocycles. The minimum atomic E-state index is 0.340. The van der Waals surface area contributed by atoms with E-state index in [-0.39, 0.29) is 0 Å². The maximum atomic E-state index is 9.88. The molecule has 1 saturated heterocycles. The van der Waals surface area contributed by atoms with Gasteiger partial charge in [0, 0.05) is 44.3 Å². The molecule has 0 unspecified atom stereocenters. The van der Waals surface area contributed by atoms with E-state index in [0.717, 1.165) is 44.1 Å². The van der Waals surface area contributed by atoms with Crippen LogP contribution < -0.4 is 4.90 Å². The number of nitrogens with zero attached hydrogens (tertiary/aromatic N) is 4. The zero-order chi connectivity index (χ0) is 13.9. The smallest absolute Gasteiger partial charge is 0.138 e. The molecule has 0 amide bonds. The van der Waals surface area contributed by atoms with Crippen molar-refractivity contribution in [2.75, 3.05) is 31.1 Å². The largest absolute Gasteiger partial charge is 0.506 e. The number of para-hydroxylation sites is 2. The zero-order valence-electron chi connectivity index (χ0n) is 10.9. The van der Waals surface area contributed by atoms with Gasteiger partial charge < -0.3 is 10.0 Å². The van der Waals surface area contributed by atoms with Gasteiger partial charge in [0.1, 0.15) is 15.8 Å². The second kappa shape index (κ2) is 5.95. The predicted molar refractivity (Wildman–Crippen MR) is 80.5 cm³/mol. The van der Waals surface area contributed by atoms with Crippen LogP contribution in [0.4, 0.5) is 5.69 Å². The Morgan fingerprint density at radius 1 is 1.20 bits per heavy atom. The van der Waals surface area contributed by atoms with Gasteiger partial charge in [-0.3, -0.25) is 4.90 Å². The third-order valence-corrected chi connectivity index (χ3v) is 4.46. The lowest BCUT2D eigenvalue weighted by Gasteiger charge is -2.35. The normalized spacial score (nSPS) is 16.6. The summed E-state index contributed by atoms with van der Waals surface area (Å²) in [6, 6.07) is 7.46. The van der Waals surface area contributed by atoms with Crippen molar-refractivity contribution in [3.05, 3.63) is 34.3 Å². The van der Waals surface area contributed by atoms with Crippen molar-refractivity contribution < 1.29 is 5.11 Å². The lowest BCUT2D eigenvalue weighted by atomic mass is 10.2. The zero-order valence-corrected chi connectivity index (χ0v) is 12.4. The van der Waals surface area contributed by atoms with Crippen molar-refractivity contribution >= 4 is 28.8 Å². The summed E-state index contributed by atoms with van der Waals surface area (Å²) in [6.07, 6.45) is 0. The number of hydrogen-bond acceptors (Lipinski definition) is 6. The summed E-state index contributed by atoms with van der Waals surface area (Å²) in [6.45, 7) is 4.34. The summed E-state index contributed by atoms with van der Waals surface area (Å²) < 4.78 is 4.53. The third kappa shape index (κ3) is 2.87. The lowest BCUT2D eigenvalue weighted by Crippen LogP contribution is -2.46. The Balaban J connectivity index is 1.60. The van der Waals surface area contributed by atoms with Crippen molar-refractivity contribution in [1.29, 1.82) is 0 Å². The topological polar surface area (TPSA) is 52.5 Å². The Bertz CT molecular complexity index is 583. The van der Waals surface area contributed by atoms with Gasteiger partial charge in [-0.15, -0.1) is 5.10 Å². The van der Waals surface area contributed by atoms with E-state index in [2.05, 4.69) is 19.4 Å². The van der Waals surface area contributed by atoms with Crippen LogP contribution in [0.3, 0.4) is 0 Å². The highest BCUT2D eigenvalue weighted by Gasteiger charge is 2.20. The first-order chi connectivity index (χ1) is 9.74. The van der Waals surface area contributed by atoms with Crippen LogP contribution in [-0.4, -0.2) is 45.8 Å². The molecule has 1 aromatic carbocycles. The summed E-state index contributed by atoms with van der Waals surface area (Å²) in [4.78, 5) is 4.51. The first kappa shape index (κ1) is 13.6. The van der Waals surface area contributed by atoms with Gasteiger partial charge >= 0.3 is 0 Å². The molecule has 0 atom stereocenters. The highest BCUT2D eigenvalue weighted by Crippen LogP contribution is 2.27. The molecule has 7 heteroatoms. The van der Waals surface area contributed by atoms with Gasteiger partial charge in [-0.2, -0.15) is 0 Å². The molecule has 106 valence electrons. The number of halogens is 1. The second-order valence-electron chi connectivity index (χ2n) is 4.75. The number of rotatable bonds is 3. The van der Waals surface area contributed by atoms with Gasteiger partial charge in [0.2, 0.25) is 0 Å². The number of phenolic OH excluding ortho intramolecular Hbond substituents is 1. The molecule has 1 aliphatic heterocycles. The molecule has 1 aliphatic rings. The number of benzene rings is 1. The number of aromatic hydroxyl groups is 1. The monoisotopic (exact) mass is 310 g/mol. The van der Waals surface area contributed by atoms with Gasteiger partial charge in [0.05, 0.1) is 5.69 Å². The van der Waals surface area contributed by atoms with Gasteiger partial charge in [-0.25, -0.2) is 0 Å². The maximum absolute atomic E-state index is 9.88. The molecular weight excluding hydrogens is 296 g/mol. The van der Waals surface area contributed by atoms with Crippen LogP contribution in [0.15, 0.2) is 24.3 Å². The van der Waals surface area contributed by atoms with E-state index in [1.54, 1.807) is 6.07 Å². The molecular formula is C13H15ClN4OS. The summed E-state index contributed by atoms with van der Waals surface area (Å²) in [7, 11) is 0. The molecule has 20 heavy (non-hydrogen) atoms. The van der Waals surface area contributed by atoms with Crippen molar-refractivity contribution in [2.45, 2.75) is 6.54 Å². The number of aromatic nitrogens is 2. The summed E-state index contributed by atoms with van der Waals surface area (Å²) in [5, 5.41) is 13.9. The predicted octanol–water partition coefficient (Wildman–Crippen LogP) is 2.22. The quantitative estimate of drug-likeness (QED) is 0.942. The summed E-state index contributed by atoms with van der Waals surface area (Å²) >= 11 is 7.25. The van der Waals surface area contributed by atoms with Crippen molar-refractivity contribution in [1.82, 2.24) is 14.5 Å². The highest BCUT2D eigenvalue weighted by atomic mass is 35.5. The third-order valence-electron chi connectivity index (χ3n) is 3.48. The highest BCUT2D eigenvalue weighted by molar-refractivity contribution is 7.10. The first-order valence-corrected chi connectivity index (χ1v) is 7.61. The minimum Gasteiger partial charge on any atom is -0.506 e. The Morgan fingerprint density at radius 2 is 1.95 bits per heavy atom. The number of phenols is 1. The molecule has 1 N–H and O–H groups in total. The fourth-order valence-electron chi connectivity index (χ4n) is 2.38. The van der Waals surface area contributed by atoms with Crippen LogP contribution in [0.5, 0.6) is 5.75 Å². The summed E-state index contributed by atoms with van der Waals surface area (Å²) in [5.41, 5.74) is 1.76. The van der Waals surface area contributed by atoms with Crippen molar-refractivity contribution in [3.8, 4) is 5.75 Å². The van der Waals surface area contributed by atoms with E-state index in [9.17, 15) is 5.11 Å². The molecule has 0 spiro atoms. The van der Waals surface area contributed by atoms with Crippen molar-refractivity contribution in [3.63, 3.8) is 0 Å². The van der Waals surface area contributed by atoms with Gasteiger partial charge in [0.15, 0.2) is 0 Å². The van der Waals surface area contributed by atoms with E-state index in [1.165, 1.54) is 11.5 Å². The van der Waals surface area contributed by atoms with E-state index >= 15 is 0 Å². The fourth-order valence-corrected chi connectivity index (χ4v) is 2.99. The van der Waals surface area contributed by atoms with E-state index < -0.39 is 0 Å². The SMILES string of the molecule is Oc1ccccc1N1CCN(Cc2nnsc2Cl)CC1. The Morgan fingerprint density at radius 3 is 2.60 bits per heavy atom. The molecule has 0 bridgehead atoms. The Labute approximate surface area is 126 Å². The number of hydrogen-bond donors (Lipinski definition) is 1. The van der Waals surface area contributed by atoms with Crippen molar-refractivity contribution in [2.24, 2.45) is 0 Å². The van der Waals surface area contributed by atoms with E-state index in [4.69, 9.17) is 11.6 Å². The van der Waals surface area contributed by atoms with Crippen LogP contribution in [0.1, 0.15) is 5.69 Å². The number of piperazine rings is 1. The fraction of sp³-hybridized carbons (Fsp3) is 0.385. The first-order valence-electron chi connectivity index (χ1n) is 6.46. The van der Waals surface area contributed by atoms with E-state index in [0.29, 0.717) is 10.1 Å². The second-order valence-corrected chi connectivity index (χ2v) is 6.10. The van der Waals surface area contributed by atoms with Gasteiger partial charge in [0.25, 0.3) is 0 Å². The van der Waals surface area contributed by atoms with Crippen LogP contribution in [0.2, 0.25) is 4.34 Å². The average Bonchev–Trinajstić information content (AvgIpc) is 2.86. The molecule has 0 saturated carbocycles. The van der Waals surface area contributed by atoms with Crippen LogP contribution in [0, 0.1) is 0 Å².